The molecule has 0 saturated carbocycles. The Hall–Kier alpha value is -1.78. The summed E-state index contributed by atoms with van der Waals surface area (Å²) in [5, 5.41) is 3.19. The zero-order valence-corrected chi connectivity index (χ0v) is 11.0. The van der Waals surface area contributed by atoms with Crippen molar-refractivity contribution in [2.75, 3.05) is 20.2 Å². The number of aromatic nitrogens is 2. The van der Waals surface area contributed by atoms with E-state index < -0.39 is 0 Å². The molecule has 1 atom stereocenters. The topological polar surface area (TPSA) is 47.0 Å². The third-order valence-corrected chi connectivity index (χ3v) is 3.47. The van der Waals surface area contributed by atoms with Crippen molar-refractivity contribution in [1.29, 1.82) is 0 Å². The Morgan fingerprint density at radius 2 is 2.11 bits per heavy atom. The van der Waals surface area contributed by atoms with Crippen LogP contribution in [0.5, 0.6) is 0 Å². The molecule has 1 aromatic carbocycles. The highest BCUT2D eigenvalue weighted by Crippen LogP contribution is 2.30. The smallest absolute Gasteiger partial charge is 0.115 e. The van der Waals surface area contributed by atoms with Crippen molar-refractivity contribution in [3.8, 4) is 11.1 Å². The van der Waals surface area contributed by atoms with Gasteiger partial charge in [-0.15, -0.1) is 0 Å². The van der Waals surface area contributed by atoms with Gasteiger partial charge in [-0.25, -0.2) is 9.97 Å². The van der Waals surface area contributed by atoms with E-state index >= 15 is 0 Å². The lowest BCUT2D eigenvalue weighted by Crippen LogP contribution is -2.25. The predicted molar refractivity (Wildman–Crippen MR) is 73.8 cm³/mol. The molecule has 0 aliphatic carbocycles. The minimum Gasteiger partial charge on any atom is -0.372 e. The fourth-order valence-corrected chi connectivity index (χ4v) is 2.51. The molecule has 2 heterocycles. The van der Waals surface area contributed by atoms with Gasteiger partial charge in [0, 0.05) is 24.5 Å². The molecule has 1 aliphatic heterocycles. The first-order valence-corrected chi connectivity index (χ1v) is 6.53. The molecule has 19 heavy (non-hydrogen) atoms. The number of nitrogens with one attached hydrogen (secondary N) is 1. The number of hydrogen-bond acceptors (Lipinski definition) is 4. The lowest BCUT2D eigenvalue weighted by atomic mass is 9.93. The monoisotopic (exact) mass is 255 g/mol. The zero-order chi connectivity index (χ0) is 13.1. The molecule has 1 aromatic heterocycles. The van der Waals surface area contributed by atoms with E-state index in [0.717, 1.165) is 30.7 Å². The van der Waals surface area contributed by atoms with E-state index in [1.165, 1.54) is 11.1 Å². The molecule has 98 valence electrons. The van der Waals surface area contributed by atoms with E-state index in [9.17, 15) is 0 Å². The van der Waals surface area contributed by atoms with Crippen molar-refractivity contribution in [3.05, 3.63) is 48.0 Å². The summed E-state index contributed by atoms with van der Waals surface area (Å²) in [7, 11) is 1.95. The summed E-state index contributed by atoms with van der Waals surface area (Å²) in [5.74, 6) is 0. The van der Waals surface area contributed by atoms with E-state index in [4.69, 9.17) is 4.74 Å². The maximum absolute atomic E-state index is 5.84. The highest BCUT2D eigenvalue weighted by atomic mass is 16.5. The van der Waals surface area contributed by atoms with E-state index in [0.29, 0.717) is 0 Å². The highest BCUT2D eigenvalue weighted by molar-refractivity contribution is 5.63. The van der Waals surface area contributed by atoms with Gasteiger partial charge in [0.25, 0.3) is 0 Å². The Morgan fingerprint density at radius 1 is 1.26 bits per heavy atom. The van der Waals surface area contributed by atoms with Gasteiger partial charge in [0.15, 0.2) is 0 Å². The van der Waals surface area contributed by atoms with Crippen LogP contribution in [0.2, 0.25) is 0 Å². The van der Waals surface area contributed by atoms with Crippen LogP contribution in [0.15, 0.2) is 36.9 Å². The van der Waals surface area contributed by atoms with Crippen LogP contribution in [0.1, 0.15) is 17.2 Å². The van der Waals surface area contributed by atoms with Gasteiger partial charge in [0.05, 0.1) is 12.7 Å². The minimum atomic E-state index is 0.137. The van der Waals surface area contributed by atoms with Crippen molar-refractivity contribution < 1.29 is 4.74 Å². The second-order valence-electron chi connectivity index (χ2n) is 4.71. The number of rotatable bonds is 3. The van der Waals surface area contributed by atoms with Gasteiger partial charge >= 0.3 is 0 Å². The molecule has 0 amide bonds. The molecule has 0 unspecified atom stereocenters. The third kappa shape index (κ3) is 2.50. The van der Waals surface area contributed by atoms with Gasteiger partial charge < -0.3 is 10.1 Å². The second kappa shape index (κ2) is 5.47. The molecule has 0 fully saturated rings. The molecule has 1 aliphatic rings. The Labute approximate surface area is 112 Å². The molecule has 1 N–H and O–H groups in total. The standard InChI is InChI=1S/C15H17N3O/c1-16-9-15-14-6-12(13-7-17-10-18-8-13)3-2-11(14)4-5-19-15/h2-3,6-8,10,15-16H,4-5,9H2,1H3/t15-/m0/s1. The summed E-state index contributed by atoms with van der Waals surface area (Å²) in [6, 6.07) is 6.54. The van der Waals surface area contributed by atoms with E-state index in [1.807, 2.05) is 19.4 Å². The summed E-state index contributed by atoms with van der Waals surface area (Å²) in [6.45, 7) is 1.63. The number of fused-ring (bicyclic) bond motifs is 1. The van der Waals surface area contributed by atoms with Gasteiger partial charge in [0.2, 0.25) is 0 Å². The number of hydrogen-bond donors (Lipinski definition) is 1. The fraction of sp³-hybridized carbons (Fsp3) is 0.333. The summed E-state index contributed by atoms with van der Waals surface area (Å²) in [4.78, 5) is 8.15. The van der Waals surface area contributed by atoms with Crippen LogP contribution in [-0.4, -0.2) is 30.2 Å². The average molecular weight is 255 g/mol. The first-order valence-electron chi connectivity index (χ1n) is 6.53. The summed E-state index contributed by atoms with van der Waals surface area (Å²) in [6.07, 6.45) is 6.35. The van der Waals surface area contributed by atoms with Gasteiger partial charge in [0.1, 0.15) is 6.33 Å². The second-order valence-corrected chi connectivity index (χ2v) is 4.71. The number of likely N-dealkylation sites (N-methyl/N-ethyl adjacent to an activating group) is 1. The lowest BCUT2D eigenvalue weighted by molar-refractivity contribution is 0.0439. The van der Waals surface area contributed by atoms with Gasteiger partial charge in [-0.05, 0) is 36.2 Å². The first-order chi connectivity index (χ1) is 9.38. The van der Waals surface area contributed by atoms with E-state index in [1.54, 1.807) is 6.33 Å². The molecule has 3 rings (SSSR count). The maximum Gasteiger partial charge on any atom is 0.115 e. The summed E-state index contributed by atoms with van der Waals surface area (Å²) in [5.41, 5.74) is 4.85. The van der Waals surface area contributed by atoms with Gasteiger partial charge in [-0.2, -0.15) is 0 Å². The lowest BCUT2D eigenvalue weighted by Gasteiger charge is -2.26. The van der Waals surface area contributed by atoms with Crippen LogP contribution in [0.3, 0.4) is 0 Å². The Bertz CT molecular complexity index is 557. The number of ether oxygens (including phenoxy) is 1. The molecule has 0 radical (unpaired) electrons. The quantitative estimate of drug-likeness (QED) is 0.911. The van der Waals surface area contributed by atoms with Crippen molar-refractivity contribution in [3.63, 3.8) is 0 Å². The molecule has 2 aromatic rings. The number of nitrogens with zero attached hydrogens (tertiary/aromatic N) is 2. The summed E-state index contributed by atoms with van der Waals surface area (Å²) < 4.78 is 5.84. The number of benzene rings is 1. The minimum absolute atomic E-state index is 0.137. The van der Waals surface area contributed by atoms with Crippen molar-refractivity contribution in [2.45, 2.75) is 12.5 Å². The molecule has 4 heteroatoms. The van der Waals surface area contributed by atoms with Crippen molar-refractivity contribution in [2.24, 2.45) is 0 Å². The van der Waals surface area contributed by atoms with Crippen LogP contribution in [0.25, 0.3) is 11.1 Å². The largest absolute Gasteiger partial charge is 0.372 e. The van der Waals surface area contributed by atoms with Crippen LogP contribution in [0.4, 0.5) is 0 Å². The van der Waals surface area contributed by atoms with E-state index in [-0.39, 0.29) is 6.10 Å². The van der Waals surface area contributed by atoms with Gasteiger partial charge in [-0.1, -0.05) is 12.1 Å². The molecule has 4 nitrogen and oxygen atoms in total. The first kappa shape index (κ1) is 12.3. The van der Waals surface area contributed by atoms with Crippen LogP contribution in [0, 0.1) is 0 Å². The normalized spacial score (nSPS) is 18.1. The highest BCUT2D eigenvalue weighted by Gasteiger charge is 2.20. The van der Waals surface area contributed by atoms with Crippen molar-refractivity contribution >= 4 is 0 Å². The van der Waals surface area contributed by atoms with Crippen LogP contribution in [-0.2, 0) is 11.2 Å². The van der Waals surface area contributed by atoms with Crippen molar-refractivity contribution in [1.82, 2.24) is 15.3 Å². The van der Waals surface area contributed by atoms with Crippen LogP contribution >= 0.6 is 0 Å². The molecule has 0 saturated heterocycles. The Balaban J connectivity index is 2.00. The molecular formula is C15H17N3O. The Morgan fingerprint density at radius 3 is 2.89 bits per heavy atom. The maximum atomic E-state index is 5.84. The zero-order valence-electron chi connectivity index (χ0n) is 11.0. The molecule has 0 bridgehead atoms. The fourth-order valence-electron chi connectivity index (χ4n) is 2.51. The SMILES string of the molecule is CNC[C@@H]1OCCc2ccc(-c3cncnc3)cc21. The van der Waals surface area contributed by atoms with Crippen LogP contribution < -0.4 is 5.32 Å². The average Bonchev–Trinajstić information content (AvgIpc) is 2.48. The molecular weight excluding hydrogens is 238 g/mol. The summed E-state index contributed by atoms with van der Waals surface area (Å²) >= 11 is 0. The third-order valence-electron chi connectivity index (χ3n) is 3.47. The van der Waals surface area contributed by atoms with E-state index in [2.05, 4.69) is 33.5 Å². The van der Waals surface area contributed by atoms with Gasteiger partial charge in [-0.3, -0.25) is 0 Å². The molecule has 0 spiro atoms. The Kier molecular flexibility index (Phi) is 3.53. The predicted octanol–water partition coefficient (Wildman–Crippen LogP) is 1.98.